The molecule has 50 valence electrons. The minimum absolute atomic E-state index is 0.0463. The Kier molecular flexibility index (Phi) is 1.38. The molecule has 4 heteroatoms. The Morgan fingerprint density at radius 3 is 3.00 bits per heavy atom. The van der Waals surface area contributed by atoms with Crippen LogP contribution >= 0.6 is 0 Å². The van der Waals surface area contributed by atoms with Gasteiger partial charge in [-0.2, -0.15) is 5.10 Å². The second-order valence-electron chi connectivity index (χ2n) is 2.04. The van der Waals surface area contributed by atoms with Gasteiger partial charge in [-0.1, -0.05) is 0 Å². The van der Waals surface area contributed by atoms with E-state index in [-0.39, 0.29) is 11.9 Å². The first-order chi connectivity index (χ1) is 4.22. The van der Waals surface area contributed by atoms with Crippen LogP contribution in [0.1, 0.15) is 6.92 Å². The fourth-order valence-electron chi connectivity index (χ4n) is 0.649. The molecule has 4 nitrogen and oxygen atoms in total. The summed E-state index contributed by atoms with van der Waals surface area (Å²) in [7, 11) is 1.68. The minimum atomic E-state index is -0.181. The van der Waals surface area contributed by atoms with Crippen molar-refractivity contribution >= 4 is 12.2 Å². The molecule has 0 aromatic heterocycles. The topological polar surface area (TPSA) is 44.7 Å². The van der Waals surface area contributed by atoms with E-state index in [1.165, 1.54) is 11.2 Å². The van der Waals surface area contributed by atoms with Crippen molar-refractivity contribution in [3.05, 3.63) is 0 Å². The first-order valence-corrected chi connectivity index (χ1v) is 2.77. The van der Waals surface area contributed by atoms with Crippen LogP contribution in [0.2, 0.25) is 0 Å². The van der Waals surface area contributed by atoms with E-state index in [9.17, 15) is 4.79 Å². The van der Waals surface area contributed by atoms with Crippen molar-refractivity contribution in [2.45, 2.75) is 13.0 Å². The molecule has 1 N–H and O–H groups in total. The second-order valence-corrected chi connectivity index (χ2v) is 2.04. The molecule has 1 amide bonds. The number of carbonyl (C=O) groups is 1. The monoisotopic (exact) mass is 127 g/mol. The van der Waals surface area contributed by atoms with Crippen molar-refractivity contribution in [3.63, 3.8) is 0 Å². The van der Waals surface area contributed by atoms with Crippen LogP contribution in [0.5, 0.6) is 0 Å². The second kappa shape index (κ2) is 2.05. The molecule has 1 heterocycles. The predicted octanol–water partition coefficient (Wildman–Crippen LogP) is -0.620. The number of nitrogens with one attached hydrogen (secondary N) is 1. The SMILES string of the molecule is CC1NN=CN(C)C1=O. The van der Waals surface area contributed by atoms with Gasteiger partial charge in [0.2, 0.25) is 0 Å². The summed E-state index contributed by atoms with van der Waals surface area (Å²) in [4.78, 5) is 12.4. The maximum atomic E-state index is 10.9. The lowest BCUT2D eigenvalue weighted by Gasteiger charge is -2.20. The van der Waals surface area contributed by atoms with Gasteiger partial charge in [-0.15, -0.1) is 0 Å². The zero-order valence-electron chi connectivity index (χ0n) is 5.46. The van der Waals surface area contributed by atoms with Gasteiger partial charge in [-0.3, -0.25) is 10.2 Å². The van der Waals surface area contributed by atoms with E-state index >= 15 is 0 Å². The van der Waals surface area contributed by atoms with Gasteiger partial charge in [0.15, 0.2) is 0 Å². The Balaban J connectivity index is 2.69. The van der Waals surface area contributed by atoms with E-state index in [0.717, 1.165) is 0 Å². The highest BCUT2D eigenvalue weighted by molar-refractivity contribution is 5.92. The van der Waals surface area contributed by atoms with E-state index in [0.29, 0.717) is 0 Å². The Bertz CT molecular complexity index is 154. The molecule has 0 fully saturated rings. The van der Waals surface area contributed by atoms with Crippen molar-refractivity contribution in [2.75, 3.05) is 7.05 Å². The van der Waals surface area contributed by atoms with Crippen LogP contribution in [0.3, 0.4) is 0 Å². The van der Waals surface area contributed by atoms with Crippen LogP contribution in [0.25, 0.3) is 0 Å². The largest absolute Gasteiger partial charge is 0.303 e. The van der Waals surface area contributed by atoms with Crippen LogP contribution in [0.4, 0.5) is 0 Å². The van der Waals surface area contributed by atoms with Gasteiger partial charge in [0.1, 0.15) is 12.4 Å². The molecule has 0 saturated carbocycles. The fraction of sp³-hybridized carbons (Fsp3) is 0.600. The van der Waals surface area contributed by atoms with Crippen LogP contribution < -0.4 is 5.43 Å². The molecule has 0 saturated heterocycles. The normalized spacial score (nSPS) is 26.2. The average molecular weight is 127 g/mol. The molecule has 1 unspecified atom stereocenters. The number of amides is 1. The van der Waals surface area contributed by atoms with E-state index in [4.69, 9.17) is 0 Å². The highest BCUT2D eigenvalue weighted by Crippen LogP contribution is 1.92. The summed E-state index contributed by atoms with van der Waals surface area (Å²) < 4.78 is 0. The van der Waals surface area contributed by atoms with Crippen LogP contribution in [0.15, 0.2) is 5.10 Å². The molecule has 0 radical (unpaired) electrons. The van der Waals surface area contributed by atoms with Crippen LogP contribution in [-0.4, -0.2) is 30.2 Å². The average Bonchev–Trinajstić information content (AvgIpc) is 1.83. The lowest BCUT2D eigenvalue weighted by molar-refractivity contribution is -0.128. The first kappa shape index (κ1) is 6.07. The van der Waals surface area contributed by atoms with Gasteiger partial charge in [0, 0.05) is 7.05 Å². The van der Waals surface area contributed by atoms with Crippen molar-refractivity contribution in [1.29, 1.82) is 0 Å². The summed E-state index contributed by atoms with van der Waals surface area (Å²) in [5.74, 6) is 0.0463. The Morgan fingerprint density at radius 2 is 2.56 bits per heavy atom. The zero-order chi connectivity index (χ0) is 6.85. The van der Waals surface area contributed by atoms with Gasteiger partial charge < -0.3 is 4.90 Å². The summed E-state index contributed by atoms with van der Waals surface area (Å²) in [6.45, 7) is 1.77. The molecule has 1 rings (SSSR count). The molecule has 1 aliphatic rings. The standard InChI is InChI=1S/C5H9N3O/c1-4-5(9)8(2)3-6-7-4/h3-4,7H,1-2H3. The van der Waals surface area contributed by atoms with Crippen LogP contribution in [-0.2, 0) is 4.79 Å². The molecule has 0 spiro atoms. The number of nitrogens with zero attached hydrogens (tertiary/aromatic N) is 2. The van der Waals surface area contributed by atoms with E-state index in [1.807, 2.05) is 0 Å². The summed E-state index contributed by atoms with van der Waals surface area (Å²) in [5.41, 5.74) is 2.64. The van der Waals surface area contributed by atoms with Crippen molar-refractivity contribution in [2.24, 2.45) is 5.10 Å². The first-order valence-electron chi connectivity index (χ1n) is 2.77. The third kappa shape index (κ3) is 1.01. The number of likely N-dealkylation sites (N-methyl/N-ethyl adjacent to an activating group) is 1. The van der Waals surface area contributed by atoms with Crippen molar-refractivity contribution < 1.29 is 4.79 Å². The summed E-state index contributed by atoms with van der Waals surface area (Å²) in [5, 5.41) is 3.72. The van der Waals surface area contributed by atoms with E-state index in [2.05, 4.69) is 10.5 Å². The Morgan fingerprint density at radius 1 is 1.89 bits per heavy atom. The predicted molar refractivity (Wildman–Crippen MR) is 33.9 cm³/mol. The molecule has 9 heavy (non-hydrogen) atoms. The smallest absolute Gasteiger partial charge is 0.251 e. The van der Waals surface area contributed by atoms with Gasteiger partial charge in [-0.05, 0) is 6.92 Å². The fourth-order valence-corrected chi connectivity index (χ4v) is 0.649. The molecular formula is C5H9N3O. The zero-order valence-corrected chi connectivity index (χ0v) is 5.46. The quantitative estimate of drug-likeness (QED) is 0.471. The van der Waals surface area contributed by atoms with Gasteiger partial charge in [-0.25, -0.2) is 0 Å². The summed E-state index contributed by atoms with van der Waals surface area (Å²) in [6.07, 6.45) is 1.46. The molecule has 1 aliphatic heterocycles. The van der Waals surface area contributed by atoms with Gasteiger partial charge in [0.05, 0.1) is 0 Å². The molecule has 0 aromatic rings. The molecular weight excluding hydrogens is 118 g/mol. The highest BCUT2D eigenvalue weighted by atomic mass is 16.2. The summed E-state index contributed by atoms with van der Waals surface area (Å²) in [6, 6.07) is -0.181. The van der Waals surface area contributed by atoms with E-state index < -0.39 is 0 Å². The Labute approximate surface area is 53.5 Å². The van der Waals surface area contributed by atoms with Crippen molar-refractivity contribution in [3.8, 4) is 0 Å². The number of rotatable bonds is 0. The summed E-state index contributed by atoms with van der Waals surface area (Å²) >= 11 is 0. The van der Waals surface area contributed by atoms with Gasteiger partial charge >= 0.3 is 0 Å². The third-order valence-corrected chi connectivity index (χ3v) is 1.22. The number of hydrogen-bond donors (Lipinski definition) is 1. The third-order valence-electron chi connectivity index (χ3n) is 1.22. The molecule has 0 aliphatic carbocycles. The van der Waals surface area contributed by atoms with Gasteiger partial charge in [0.25, 0.3) is 5.91 Å². The maximum absolute atomic E-state index is 10.9. The number of carbonyl (C=O) groups excluding carboxylic acids is 1. The minimum Gasteiger partial charge on any atom is -0.303 e. The number of hydrazone groups is 1. The molecule has 0 bridgehead atoms. The molecule has 1 atom stereocenters. The lowest BCUT2D eigenvalue weighted by atomic mass is 10.3. The van der Waals surface area contributed by atoms with E-state index in [1.54, 1.807) is 14.0 Å². The number of hydrogen-bond acceptors (Lipinski definition) is 3. The van der Waals surface area contributed by atoms with Crippen molar-refractivity contribution in [1.82, 2.24) is 10.3 Å². The lowest BCUT2D eigenvalue weighted by Crippen LogP contribution is -2.44. The highest BCUT2D eigenvalue weighted by Gasteiger charge is 2.17. The maximum Gasteiger partial charge on any atom is 0.251 e. The molecule has 0 aromatic carbocycles. The Hall–Kier alpha value is -1.06. The van der Waals surface area contributed by atoms with Crippen LogP contribution in [0, 0.1) is 0 Å².